The zero-order chi connectivity index (χ0) is 17.5. The van der Waals surface area contributed by atoms with Gasteiger partial charge < -0.3 is 0 Å². The molecule has 1 atom stereocenters. The lowest BCUT2D eigenvalue weighted by Gasteiger charge is -2.09. The number of carbonyl (C=O) groups excluding carboxylic acids is 1. The number of rotatable bonds is 6. The first-order valence-electron chi connectivity index (χ1n) is 8.19. The van der Waals surface area contributed by atoms with Crippen molar-refractivity contribution in [1.82, 2.24) is 15.6 Å². The molecule has 2 N–H and O–H groups in total. The summed E-state index contributed by atoms with van der Waals surface area (Å²) in [5.74, 6) is -0.262. The van der Waals surface area contributed by atoms with Gasteiger partial charge in [-0.15, -0.1) is 0 Å². The van der Waals surface area contributed by atoms with Crippen LogP contribution in [0.1, 0.15) is 18.1 Å². The predicted molar refractivity (Wildman–Crippen MR) is 99.1 cm³/mol. The largest absolute Gasteiger partial charge is 0.277 e. The van der Waals surface area contributed by atoms with Crippen LogP contribution in [0.2, 0.25) is 0 Å². The highest BCUT2D eigenvalue weighted by Gasteiger charge is 2.12. The highest BCUT2D eigenvalue weighted by atomic mass is 16.2. The Hall–Kier alpha value is -3.21. The van der Waals surface area contributed by atoms with Gasteiger partial charge in [0, 0.05) is 17.0 Å². The summed E-state index contributed by atoms with van der Waals surface area (Å²) in [7, 11) is 0. The monoisotopic (exact) mass is 332 g/mol. The van der Waals surface area contributed by atoms with Crippen LogP contribution in [0, 0.1) is 5.92 Å². The molecule has 5 heteroatoms. The van der Waals surface area contributed by atoms with Crippen molar-refractivity contribution in [2.45, 2.75) is 13.3 Å². The minimum Gasteiger partial charge on any atom is -0.277 e. The number of aromatic amines is 1. The number of hydrogen-bond donors (Lipinski definition) is 2. The first kappa shape index (κ1) is 16.6. The van der Waals surface area contributed by atoms with Crippen LogP contribution in [-0.2, 0) is 11.2 Å². The Balaban J connectivity index is 1.60. The highest BCUT2D eigenvalue weighted by molar-refractivity contribution is 5.89. The number of H-pyrrole nitrogens is 1. The lowest BCUT2D eigenvalue weighted by Crippen LogP contribution is -2.26. The van der Waals surface area contributed by atoms with E-state index in [2.05, 4.69) is 20.7 Å². The van der Waals surface area contributed by atoms with Gasteiger partial charge in [0.2, 0.25) is 5.91 Å². The van der Waals surface area contributed by atoms with E-state index >= 15 is 0 Å². The molecule has 3 rings (SSSR count). The molecule has 126 valence electrons. The molecular weight excluding hydrogens is 312 g/mol. The van der Waals surface area contributed by atoms with Crippen molar-refractivity contribution in [2.75, 3.05) is 0 Å². The zero-order valence-corrected chi connectivity index (χ0v) is 14.0. The van der Waals surface area contributed by atoms with Crippen molar-refractivity contribution in [3.63, 3.8) is 0 Å². The zero-order valence-electron chi connectivity index (χ0n) is 14.0. The number of hydrogen-bond acceptors (Lipinski definition) is 3. The molecule has 0 radical (unpaired) electrons. The Kier molecular flexibility index (Phi) is 5.36. The standard InChI is InChI=1S/C20H20N4O/c1-15(12-16-8-4-2-5-9-16)20(25)24-22-14-18-13-21-23-19(18)17-10-6-3-7-11-17/h2-11,13-15H,12H2,1H3,(H,21,23)(H,24,25)/b22-14-/t15-/m0/s1. The normalized spacial score (nSPS) is 12.2. The molecule has 0 saturated heterocycles. The molecule has 1 heterocycles. The molecule has 0 aliphatic rings. The molecule has 0 saturated carbocycles. The molecule has 1 aromatic heterocycles. The van der Waals surface area contributed by atoms with Gasteiger partial charge in [0.05, 0.1) is 18.1 Å². The fourth-order valence-electron chi connectivity index (χ4n) is 2.57. The molecule has 5 nitrogen and oxygen atoms in total. The first-order valence-corrected chi connectivity index (χ1v) is 8.19. The van der Waals surface area contributed by atoms with Crippen LogP contribution in [0.4, 0.5) is 0 Å². The molecule has 25 heavy (non-hydrogen) atoms. The summed E-state index contributed by atoms with van der Waals surface area (Å²) >= 11 is 0. The van der Waals surface area contributed by atoms with Crippen molar-refractivity contribution in [3.05, 3.63) is 78.0 Å². The van der Waals surface area contributed by atoms with Gasteiger partial charge in [-0.1, -0.05) is 67.6 Å². The van der Waals surface area contributed by atoms with Crippen LogP contribution in [0.25, 0.3) is 11.3 Å². The van der Waals surface area contributed by atoms with Crippen LogP contribution < -0.4 is 5.43 Å². The number of carbonyl (C=O) groups is 1. The molecule has 3 aromatic rings. The van der Waals surface area contributed by atoms with Gasteiger partial charge in [-0.05, 0) is 12.0 Å². The predicted octanol–water partition coefficient (Wildman–Crippen LogP) is 3.41. The van der Waals surface area contributed by atoms with Crippen LogP contribution in [0.3, 0.4) is 0 Å². The van der Waals surface area contributed by atoms with E-state index in [9.17, 15) is 4.79 Å². The fourth-order valence-corrected chi connectivity index (χ4v) is 2.57. The van der Waals surface area contributed by atoms with Crippen molar-refractivity contribution in [2.24, 2.45) is 11.0 Å². The number of nitrogens with one attached hydrogen (secondary N) is 2. The van der Waals surface area contributed by atoms with E-state index < -0.39 is 0 Å². The average molecular weight is 332 g/mol. The molecule has 0 bridgehead atoms. The van der Waals surface area contributed by atoms with E-state index in [0.29, 0.717) is 6.42 Å². The van der Waals surface area contributed by atoms with Crippen LogP contribution >= 0.6 is 0 Å². The van der Waals surface area contributed by atoms with Gasteiger partial charge in [-0.3, -0.25) is 9.89 Å². The maximum atomic E-state index is 12.2. The van der Waals surface area contributed by atoms with Crippen molar-refractivity contribution >= 4 is 12.1 Å². The summed E-state index contributed by atoms with van der Waals surface area (Å²) in [6, 6.07) is 19.8. The van der Waals surface area contributed by atoms with Crippen LogP contribution in [0.15, 0.2) is 72.0 Å². The van der Waals surface area contributed by atoms with Crippen molar-refractivity contribution in [3.8, 4) is 11.3 Å². The first-order chi connectivity index (χ1) is 12.2. The van der Waals surface area contributed by atoms with Gasteiger partial charge in [0.25, 0.3) is 0 Å². The van der Waals surface area contributed by atoms with Crippen LogP contribution in [0.5, 0.6) is 0 Å². The minimum atomic E-state index is -0.155. The second-order valence-electron chi connectivity index (χ2n) is 5.89. The van der Waals surface area contributed by atoms with E-state index in [1.54, 1.807) is 12.4 Å². The van der Waals surface area contributed by atoms with Crippen LogP contribution in [-0.4, -0.2) is 22.3 Å². The second-order valence-corrected chi connectivity index (χ2v) is 5.89. The summed E-state index contributed by atoms with van der Waals surface area (Å²) in [6.07, 6.45) is 3.98. The topological polar surface area (TPSA) is 70.1 Å². The van der Waals surface area contributed by atoms with Crippen molar-refractivity contribution in [1.29, 1.82) is 0 Å². The van der Waals surface area contributed by atoms with Gasteiger partial charge >= 0.3 is 0 Å². The maximum Gasteiger partial charge on any atom is 0.243 e. The number of hydrazone groups is 1. The third-order valence-electron chi connectivity index (χ3n) is 3.94. The fraction of sp³-hybridized carbons (Fsp3) is 0.150. The van der Waals surface area contributed by atoms with E-state index in [-0.39, 0.29) is 11.8 Å². The summed E-state index contributed by atoms with van der Waals surface area (Å²) < 4.78 is 0. The SMILES string of the molecule is C[C@@H](Cc1ccccc1)C(=O)N/N=C\c1cn[nH]c1-c1ccccc1. The average Bonchev–Trinajstić information content (AvgIpc) is 3.11. The number of benzene rings is 2. The highest BCUT2D eigenvalue weighted by Crippen LogP contribution is 2.18. The lowest BCUT2D eigenvalue weighted by molar-refractivity contribution is -0.124. The maximum absolute atomic E-state index is 12.2. The molecule has 0 spiro atoms. The van der Waals surface area contributed by atoms with E-state index in [1.165, 1.54) is 0 Å². The number of aromatic nitrogens is 2. The second kappa shape index (κ2) is 8.06. The molecule has 0 aliphatic carbocycles. The molecule has 0 unspecified atom stereocenters. The lowest BCUT2D eigenvalue weighted by atomic mass is 10.0. The summed E-state index contributed by atoms with van der Waals surface area (Å²) in [4.78, 5) is 12.2. The number of amides is 1. The molecule has 2 aromatic carbocycles. The number of nitrogens with zero attached hydrogens (tertiary/aromatic N) is 2. The van der Waals surface area contributed by atoms with Gasteiger partial charge in [-0.2, -0.15) is 10.2 Å². The Morgan fingerprint density at radius 1 is 1.16 bits per heavy atom. The third-order valence-corrected chi connectivity index (χ3v) is 3.94. The Labute approximate surface area is 146 Å². The summed E-state index contributed by atoms with van der Waals surface area (Å²) in [5, 5.41) is 11.1. The van der Waals surface area contributed by atoms with Crippen molar-refractivity contribution < 1.29 is 4.79 Å². The van der Waals surface area contributed by atoms with E-state index in [1.807, 2.05) is 67.6 Å². The Morgan fingerprint density at radius 2 is 1.84 bits per heavy atom. The third kappa shape index (κ3) is 4.41. The van der Waals surface area contributed by atoms with Gasteiger partial charge in [0.15, 0.2) is 0 Å². The molecule has 1 amide bonds. The smallest absolute Gasteiger partial charge is 0.243 e. The van der Waals surface area contributed by atoms with E-state index in [4.69, 9.17) is 0 Å². The quantitative estimate of drug-likeness (QED) is 0.536. The summed E-state index contributed by atoms with van der Waals surface area (Å²) in [5.41, 5.74) is 6.45. The minimum absolute atomic E-state index is 0.107. The van der Waals surface area contributed by atoms with E-state index in [0.717, 1.165) is 22.4 Å². The Bertz CT molecular complexity index is 840. The van der Waals surface area contributed by atoms with Gasteiger partial charge in [-0.25, -0.2) is 5.43 Å². The molecular formula is C20H20N4O. The molecule has 0 fully saturated rings. The molecule has 0 aliphatic heterocycles. The van der Waals surface area contributed by atoms with Gasteiger partial charge in [0.1, 0.15) is 0 Å². The Morgan fingerprint density at radius 3 is 2.56 bits per heavy atom. The summed E-state index contributed by atoms with van der Waals surface area (Å²) in [6.45, 7) is 1.89.